The molecule has 1 N–H and O–H groups in total. The van der Waals surface area contributed by atoms with Crippen molar-refractivity contribution in [1.82, 2.24) is 4.72 Å². The van der Waals surface area contributed by atoms with Crippen LogP contribution in [0.3, 0.4) is 0 Å². The van der Waals surface area contributed by atoms with E-state index in [9.17, 15) is 12.8 Å². The normalized spacial score (nSPS) is 13.2. The molecule has 0 radical (unpaired) electrons. The molecule has 19 heavy (non-hydrogen) atoms. The highest BCUT2D eigenvalue weighted by Crippen LogP contribution is 2.17. The molecule has 0 spiro atoms. The molecule has 0 aliphatic heterocycles. The molecule has 2 rings (SSSR count). The third-order valence-corrected chi connectivity index (χ3v) is 4.31. The Morgan fingerprint density at radius 3 is 2.16 bits per heavy atom. The number of sulfonamides is 1. The van der Waals surface area contributed by atoms with Gasteiger partial charge in [0.2, 0.25) is 10.0 Å². The van der Waals surface area contributed by atoms with Gasteiger partial charge in [0.15, 0.2) is 0 Å². The standard InChI is InChI=1S/C14H14FNO2S/c1-11(12-7-9-13(15)10-8-12)16-19(17,18)14-5-3-2-4-6-14/h2-11,16H,1H3/t11-/m0/s1. The van der Waals surface area contributed by atoms with E-state index in [2.05, 4.69) is 4.72 Å². The molecular formula is C14H14FNO2S. The molecule has 2 aromatic carbocycles. The summed E-state index contributed by atoms with van der Waals surface area (Å²) in [7, 11) is -3.56. The van der Waals surface area contributed by atoms with Crippen molar-refractivity contribution in [3.8, 4) is 0 Å². The Bertz CT molecular complexity index is 639. The highest BCUT2D eigenvalue weighted by Gasteiger charge is 2.17. The van der Waals surface area contributed by atoms with Crippen LogP contribution < -0.4 is 4.72 Å². The van der Waals surface area contributed by atoms with Crippen LogP contribution in [0, 0.1) is 5.82 Å². The van der Waals surface area contributed by atoms with Crippen LogP contribution in [0.15, 0.2) is 59.5 Å². The maximum Gasteiger partial charge on any atom is 0.241 e. The highest BCUT2D eigenvalue weighted by molar-refractivity contribution is 7.89. The number of rotatable bonds is 4. The van der Waals surface area contributed by atoms with Crippen LogP contribution in [0.25, 0.3) is 0 Å². The van der Waals surface area contributed by atoms with Crippen LogP contribution in [0.5, 0.6) is 0 Å². The Labute approximate surface area is 112 Å². The summed E-state index contributed by atoms with van der Waals surface area (Å²) in [5.41, 5.74) is 0.709. The second-order valence-electron chi connectivity index (χ2n) is 4.21. The number of halogens is 1. The topological polar surface area (TPSA) is 46.2 Å². The average molecular weight is 279 g/mol. The third kappa shape index (κ3) is 3.39. The Morgan fingerprint density at radius 1 is 1.00 bits per heavy atom. The van der Waals surface area contributed by atoms with Gasteiger partial charge in [0, 0.05) is 6.04 Å². The molecule has 100 valence electrons. The van der Waals surface area contributed by atoms with Crippen LogP contribution >= 0.6 is 0 Å². The zero-order chi connectivity index (χ0) is 13.9. The van der Waals surface area contributed by atoms with Gasteiger partial charge in [-0.3, -0.25) is 0 Å². The smallest absolute Gasteiger partial charge is 0.207 e. The lowest BCUT2D eigenvalue weighted by atomic mass is 10.1. The monoisotopic (exact) mass is 279 g/mol. The van der Waals surface area contributed by atoms with Crippen molar-refractivity contribution >= 4 is 10.0 Å². The maximum absolute atomic E-state index is 12.8. The van der Waals surface area contributed by atoms with E-state index < -0.39 is 16.1 Å². The first-order chi connectivity index (χ1) is 8.99. The van der Waals surface area contributed by atoms with E-state index in [1.54, 1.807) is 37.3 Å². The molecule has 0 fully saturated rings. The second-order valence-corrected chi connectivity index (χ2v) is 5.92. The molecule has 0 saturated carbocycles. The zero-order valence-corrected chi connectivity index (χ0v) is 11.2. The first-order valence-electron chi connectivity index (χ1n) is 5.82. The lowest BCUT2D eigenvalue weighted by Gasteiger charge is -2.14. The molecular weight excluding hydrogens is 265 g/mol. The van der Waals surface area contributed by atoms with Gasteiger partial charge in [0.1, 0.15) is 5.82 Å². The van der Waals surface area contributed by atoms with Crippen molar-refractivity contribution < 1.29 is 12.8 Å². The van der Waals surface area contributed by atoms with Crippen LogP contribution in [0.4, 0.5) is 4.39 Å². The Balaban J connectivity index is 2.19. The minimum absolute atomic E-state index is 0.212. The van der Waals surface area contributed by atoms with Crippen LogP contribution in [-0.4, -0.2) is 8.42 Å². The van der Waals surface area contributed by atoms with E-state index in [1.165, 1.54) is 24.3 Å². The van der Waals surface area contributed by atoms with Gasteiger partial charge in [0.05, 0.1) is 4.90 Å². The summed E-state index contributed by atoms with van der Waals surface area (Å²) >= 11 is 0. The summed E-state index contributed by atoms with van der Waals surface area (Å²) in [6.07, 6.45) is 0. The predicted molar refractivity (Wildman–Crippen MR) is 71.6 cm³/mol. The number of hydrogen-bond donors (Lipinski definition) is 1. The molecule has 5 heteroatoms. The second kappa shape index (κ2) is 5.50. The number of hydrogen-bond acceptors (Lipinski definition) is 2. The van der Waals surface area contributed by atoms with Crippen LogP contribution in [-0.2, 0) is 10.0 Å². The molecule has 0 aliphatic rings. The van der Waals surface area contributed by atoms with Crippen LogP contribution in [0.2, 0.25) is 0 Å². The summed E-state index contributed by atoms with van der Waals surface area (Å²) in [5.74, 6) is -0.345. The first kappa shape index (κ1) is 13.7. The van der Waals surface area contributed by atoms with E-state index in [-0.39, 0.29) is 10.7 Å². The molecule has 0 unspecified atom stereocenters. The fraction of sp³-hybridized carbons (Fsp3) is 0.143. The minimum Gasteiger partial charge on any atom is -0.207 e. The summed E-state index contributed by atoms with van der Waals surface area (Å²) < 4.78 is 39.6. The molecule has 0 heterocycles. The summed E-state index contributed by atoms with van der Waals surface area (Å²) in [5, 5.41) is 0. The molecule has 3 nitrogen and oxygen atoms in total. The number of nitrogens with one attached hydrogen (secondary N) is 1. The fourth-order valence-corrected chi connectivity index (χ4v) is 2.97. The summed E-state index contributed by atoms with van der Waals surface area (Å²) in [6.45, 7) is 1.72. The van der Waals surface area contributed by atoms with Gasteiger partial charge in [-0.1, -0.05) is 30.3 Å². The first-order valence-corrected chi connectivity index (χ1v) is 7.30. The lowest BCUT2D eigenvalue weighted by Crippen LogP contribution is -2.26. The van der Waals surface area contributed by atoms with Crippen molar-refractivity contribution in [3.05, 3.63) is 66.0 Å². The fourth-order valence-electron chi connectivity index (χ4n) is 1.72. The van der Waals surface area contributed by atoms with Gasteiger partial charge < -0.3 is 0 Å². The van der Waals surface area contributed by atoms with Crippen molar-refractivity contribution in [1.29, 1.82) is 0 Å². The van der Waals surface area contributed by atoms with Crippen molar-refractivity contribution in [2.45, 2.75) is 17.9 Å². The predicted octanol–water partition coefficient (Wildman–Crippen LogP) is 2.87. The van der Waals surface area contributed by atoms with Gasteiger partial charge in [-0.15, -0.1) is 0 Å². The Hall–Kier alpha value is -1.72. The van der Waals surface area contributed by atoms with E-state index >= 15 is 0 Å². The van der Waals surface area contributed by atoms with E-state index in [0.717, 1.165) is 0 Å². The lowest BCUT2D eigenvalue weighted by molar-refractivity contribution is 0.566. The Kier molecular flexibility index (Phi) is 3.97. The quantitative estimate of drug-likeness (QED) is 0.935. The third-order valence-electron chi connectivity index (χ3n) is 2.76. The molecule has 0 amide bonds. The number of benzene rings is 2. The van der Waals surface area contributed by atoms with Gasteiger partial charge in [-0.25, -0.2) is 17.5 Å². The summed E-state index contributed by atoms with van der Waals surface area (Å²) in [4.78, 5) is 0.212. The zero-order valence-electron chi connectivity index (χ0n) is 10.4. The molecule has 1 atom stereocenters. The maximum atomic E-state index is 12.8. The van der Waals surface area contributed by atoms with E-state index in [1.807, 2.05) is 0 Å². The van der Waals surface area contributed by atoms with E-state index in [4.69, 9.17) is 0 Å². The molecule has 2 aromatic rings. The van der Waals surface area contributed by atoms with E-state index in [0.29, 0.717) is 5.56 Å². The van der Waals surface area contributed by atoms with Gasteiger partial charge >= 0.3 is 0 Å². The average Bonchev–Trinajstić information content (AvgIpc) is 2.40. The van der Waals surface area contributed by atoms with Gasteiger partial charge in [-0.2, -0.15) is 0 Å². The molecule has 0 aliphatic carbocycles. The minimum atomic E-state index is -3.56. The summed E-state index contributed by atoms with van der Waals surface area (Å²) in [6, 6.07) is 13.5. The van der Waals surface area contributed by atoms with Crippen LogP contribution in [0.1, 0.15) is 18.5 Å². The van der Waals surface area contributed by atoms with Crippen molar-refractivity contribution in [2.75, 3.05) is 0 Å². The van der Waals surface area contributed by atoms with Gasteiger partial charge in [0.25, 0.3) is 0 Å². The Morgan fingerprint density at radius 2 is 1.58 bits per heavy atom. The largest absolute Gasteiger partial charge is 0.241 e. The van der Waals surface area contributed by atoms with Crippen molar-refractivity contribution in [2.24, 2.45) is 0 Å². The molecule has 0 bridgehead atoms. The SMILES string of the molecule is C[C@H](NS(=O)(=O)c1ccccc1)c1ccc(F)cc1. The van der Waals surface area contributed by atoms with Crippen molar-refractivity contribution in [3.63, 3.8) is 0 Å². The highest BCUT2D eigenvalue weighted by atomic mass is 32.2. The molecule has 0 saturated heterocycles. The molecule has 0 aromatic heterocycles. The van der Waals surface area contributed by atoms with Gasteiger partial charge in [-0.05, 0) is 36.8 Å².